The van der Waals surface area contributed by atoms with Crippen LogP contribution in [0.1, 0.15) is 92.9 Å². The molecule has 2 N–H and O–H groups in total. The number of amides is 2. The van der Waals surface area contributed by atoms with Crippen molar-refractivity contribution in [2.75, 3.05) is 26.4 Å². The normalized spacial score (nSPS) is 35.8. The molecule has 2 heterocycles. The van der Waals surface area contributed by atoms with Gasteiger partial charge in [-0.1, -0.05) is 60.8 Å². The Hall–Kier alpha value is -1.14. The van der Waals surface area contributed by atoms with Gasteiger partial charge in [0.1, 0.15) is 0 Å². The molecule has 2 aliphatic carbocycles. The van der Waals surface area contributed by atoms with Gasteiger partial charge in [0.2, 0.25) is 11.8 Å². The highest BCUT2D eigenvalue weighted by Crippen LogP contribution is 2.40. The van der Waals surface area contributed by atoms with Crippen molar-refractivity contribution < 1.29 is 19.1 Å². The highest BCUT2D eigenvalue weighted by molar-refractivity contribution is 5.80. The van der Waals surface area contributed by atoms with Gasteiger partial charge in [-0.25, -0.2) is 0 Å². The average Bonchev–Trinajstić information content (AvgIpc) is 3.34. The van der Waals surface area contributed by atoms with Crippen LogP contribution in [0, 0.1) is 47.3 Å². The number of hydrogen-bond acceptors (Lipinski definition) is 4. The molecule has 2 saturated carbocycles. The molecule has 0 radical (unpaired) electrons. The van der Waals surface area contributed by atoms with Gasteiger partial charge >= 0.3 is 0 Å². The number of rotatable bonds is 7. The molecule has 4 aliphatic rings. The highest BCUT2D eigenvalue weighted by Gasteiger charge is 2.38. The summed E-state index contributed by atoms with van der Waals surface area (Å²) in [6.45, 7) is 16.5. The molecule has 0 aromatic heterocycles. The summed E-state index contributed by atoms with van der Waals surface area (Å²) in [6.07, 6.45) is 9.25. The van der Waals surface area contributed by atoms with Crippen LogP contribution >= 0.6 is 0 Å². The molecule has 0 aromatic carbocycles. The standard InChI is InChI=1S/2C15H27NO2/c1-10(2)13-5-4-11(3)8-14(13)15(17)16-12-6-7-18-9-12;1-4-11(3)13-6-5-10(2)7-14(13)15(17)16-12-8-18-9-12/h2*10-14H,4-9H2,1-3H3,(H,16,17)/t11?,12?,13-,14?;10?,11?,13-,14?/m00/s1. The van der Waals surface area contributed by atoms with Gasteiger partial charge in [0.05, 0.1) is 31.9 Å². The smallest absolute Gasteiger partial charge is 0.223 e. The molecule has 8 atom stereocenters. The molecule has 4 fully saturated rings. The lowest BCUT2D eigenvalue weighted by Crippen LogP contribution is -2.52. The maximum Gasteiger partial charge on any atom is 0.223 e. The van der Waals surface area contributed by atoms with E-state index in [0.717, 1.165) is 25.9 Å². The average molecular weight is 507 g/mol. The van der Waals surface area contributed by atoms with E-state index in [4.69, 9.17) is 9.47 Å². The van der Waals surface area contributed by atoms with Gasteiger partial charge in [-0.05, 0) is 67.6 Å². The summed E-state index contributed by atoms with van der Waals surface area (Å²) in [5, 5.41) is 6.34. The number of hydrogen-bond donors (Lipinski definition) is 2. The molecule has 2 amide bonds. The molecule has 0 bridgehead atoms. The predicted octanol–water partition coefficient (Wildman–Crippen LogP) is 5.20. The lowest BCUT2D eigenvalue weighted by Gasteiger charge is -2.38. The Kier molecular flexibility index (Phi) is 11.5. The molecule has 0 spiro atoms. The second-order valence-corrected chi connectivity index (χ2v) is 12.8. The molecule has 6 unspecified atom stereocenters. The SMILES string of the molecule is CC1CC[C@@H](C(C)C)C(C(=O)NC2CCOC2)C1.CCC(C)[C@@H]1CCC(C)CC1C(=O)NC1COC1. The molecular formula is C30H54N2O4. The van der Waals surface area contributed by atoms with Crippen LogP contribution in [0.2, 0.25) is 0 Å². The van der Waals surface area contributed by atoms with Crippen LogP contribution in [0.3, 0.4) is 0 Å². The summed E-state index contributed by atoms with van der Waals surface area (Å²) in [7, 11) is 0. The van der Waals surface area contributed by atoms with Crippen molar-refractivity contribution in [2.45, 2.75) is 105 Å². The summed E-state index contributed by atoms with van der Waals surface area (Å²) in [6, 6.07) is 0.523. The van der Waals surface area contributed by atoms with E-state index >= 15 is 0 Å². The van der Waals surface area contributed by atoms with Gasteiger partial charge in [-0.2, -0.15) is 0 Å². The van der Waals surface area contributed by atoms with Crippen LogP contribution in [0.5, 0.6) is 0 Å². The lowest BCUT2D eigenvalue weighted by molar-refractivity contribution is -0.133. The summed E-state index contributed by atoms with van der Waals surface area (Å²) < 4.78 is 10.5. The Bertz CT molecular complexity index is 688. The first-order chi connectivity index (χ1) is 17.2. The third-order valence-corrected chi connectivity index (χ3v) is 9.50. The van der Waals surface area contributed by atoms with Crippen molar-refractivity contribution in [3.63, 3.8) is 0 Å². The Morgan fingerprint density at radius 1 is 0.750 bits per heavy atom. The van der Waals surface area contributed by atoms with E-state index in [1.165, 1.54) is 32.1 Å². The zero-order valence-electron chi connectivity index (χ0n) is 23.9. The molecule has 208 valence electrons. The maximum atomic E-state index is 12.4. The summed E-state index contributed by atoms with van der Waals surface area (Å²) >= 11 is 0. The van der Waals surface area contributed by atoms with E-state index in [1.807, 2.05) is 0 Å². The molecule has 2 saturated heterocycles. The van der Waals surface area contributed by atoms with Crippen LogP contribution < -0.4 is 10.6 Å². The first kappa shape index (κ1) is 29.4. The zero-order chi connectivity index (χ0) is 26.2. The number of ether oxygens (including phenoxy) is 2. The quantitative estimate of drug-likeness (QED) is 0.498. The van der Waals surface area contributed by atoms with Crippen molar-refractivity contribution in [3.05, 3.63) is 0 Å². The van der Waals surface area contributed by atoms with E-state index < -0.39 is 0 Å². The molecule has 6 heteroatoms. The van der Waals surface area contributed by atoms with Crippen LogP contribution in [-0.4, -0.2) is 50.3 Å². The van der Waals surface area contributed by atoms with E-state index in [9.17, 15) is 9.59 Å². The first-order valence-corrected chi connectivity index (χ1v) is 15.0. The number of nitrogens with one attached hydrogen (secondary N) is 2. The largest absolute Gasteiger partial charge is 0.379 e. The number of carbonyl (C=O) groups is 2. The second kappa shape index (κ2) is 14.1. The highest BCUT2D eigenvalue weighted by atomic mass is 16.5. The molecule has 6 nitrogen and oxygen atoms in total. The third kappa shape index (κ3) is 8.18. The fourth-order valence-electron chi connectivity index (χ4n) is 6.78. The second-order valence-electron chi connectivity index (χ2n) is 12.8. The van der Waals surface area contributed by atoms with Crippen molar-refractivity contribution >= 4 is 11.8 Å². The van der Waals surface area contributed by atoms with Crippen LogP contribution in [0.25, 0.3) is 0 Å². The van der Waals surface area contributed by atoms with Crippen LogP contribution in [-0.2, 0) is 19.1 Å². The summed E-state index contributed by atoms with van der Waals surface area (Å²) in [5.41, 5.74) is 0. The van der Waals surface area contributed by atoms with Gasteiger partial charge in [0.25, 0.3) is 0 Å². The first-order valence-electron chi connectivity index (χ1n) is 15.0. The fraction of sp³-hybridized carbons (Fsp3) is 0.933. The minimum Gasteiger partial charge on any atom is -0.379 e. The van der Waals surface area contributed by atoms with Gasteiger partial charge in [-0.15, -0.1) is 0 Å². The van der Waals surface area contributed by atoms with Crippen molar-refractivity contribution in [1.29, 1.82) is 0 Å². The van der Waals surface area contributed by atoms with E-state index in [-0.39, 0.29) is 35.7 Å². The molecule has 2 aliphatic heterocycles. The van der Waals surface area contributed by atoms with Gasteiger partial charge in [-0.3, -0.25) is 9.59 Å². The minimum absolute atomic E-state index is 0.217. The van der Waals surface area contributed by atoms with Crippen LogP contribution in [0.4, 0.5) is 0 Å². The maximum absolute atomic E-state index is 12.4. The molecule has 36 heavy (non-hydrogen) atoms. The summed E-state index contributed by atoms with van der Waals surface area (Å²) in [5.74, 6) is 4.78. The fourth-order valence-corrected chi connectivity index (χ4v) is 6.78. The molecular weight excluding hydrogens is 452 g/mol. The van der Waals surface area contributed by atoms with E-state index in [1.54, 1.807) is 0 Å². The molecule has 4 rings (SSSR count). The third-order valence-electron chi connectivity index (χ3n) is 9.50. The van der Waals surface area contributed by atoms with Crippen molar-refractivity contribution in [1.82, 2.24) is 10.6 Å². The topological polar surface area (TPSA) is 76.7 Å². The Morgan fingerprint density at radius 2 is 1.28 bits per heavy atom. The van der Waals surface area contributed by atoms with Gasteiger partial charge in [0, 0.05) is 18.4 Å². The van der Waals surface area contributed by atoms with Crippen molar-refractivity contribution in [2.24, 2.45) is 47.3 Å². The van der Waals surface area contributed by atoms with Gasteiger partial charge < -0.3 is 20.1 Å². The lowest BCUT2D eigenvalue weighted by atomic mass is 9.68. The predicted molar refractivity (Wildman–Crippen MR) is 144 cm³/mol. The number of carbonyl (C=O) groups excluding carboxylic acids is 2. The monoisotopic (exact) mass is 506 g/mol. The van der Waals surface area contributed by atoms with Crippen molar-refractivity contribution in [3.8, 4) is 0 Å². The van der Waals surface area contributed by atoms with Gasteiger partial charge in [0.15, 0.2) is 0 Å². The van der Waals surface area contributed by atoms with Crippen LogP contribution in [0.15, 0.2) is 0 Å². The van der Waals surface area contributed by atoms with E-state index in [2.05, 4.69) is 52.2 Å². The Labute approximate surface area is 220 Å². The van der Waals surface area contributed by atoms with E-state index in [0.29, 0.717) is 55.3 Å². The zero-order valence-corrected chi connectivity index (χ0v) is 23.9. The summed E-state index contributed by atoms with van der Waals surface area (Å²) in [4.78, 5) is 24.9. The minimum atomic E-state index is 0.217. The molecule has 0 aromatic rings. The Morgan fingerprint density at radius 3 is 1.75 bits per heavy atom. The Balaban J connectivity index is 0.000000201.